The zero-order valence-corrected chi connectivity index (χ0v) is 11.4. The summed E-state index contributed by atoms with van der Waals surface area (Å²) in [4.78, 5) is 22.1. The smallest absolute Gasteiger partial charge is 0.270 e. The summed E-state index contributed by atoms with van der Waals surface area (Å²) in [5.41, 5.74) is 0.769. The molecule has 0 aromatic heterocycles. The molecule has 0 radical (unpaired) electrons. The lowest BCUT2D eigenvalue weighted by molar-refractivity contribution is -0.384. The maximum absolute atomic E-state index is 12.0. The molecule has 0 aliphatic heterocycles. The minimum Gasteiger partial charge on any atom is -0.323 e. The molecule has 104 valence electrons. The SMILES string of the molecule is CNC.O=C(c1ccccc1)c1cccc([N+](=O)[O-])c1. The number of rotatable bonds is 3. The number of carbonyl (C=O) groups excluding carboxylic acids is 1. The third-order valence-corrected chi connectivity index (χ3v) is 2.36. The number of non-ortho nitro benzene ring substituents is 1. The topological polar surface area (TPSA) is 72.2 Å². The molecule has 0 fully saturated rings. The maximum Gasteiger partial charge on any atom is 0.270 e. The Balaban J connectivity index is 0.000000612. The van der Waals surface area contributed by atoms with Crippen molar-refractivity contribution >= 4 is 11.5 Å². The summed E-state index contributed by atoms with van der Waals surface area (Å²) in [6.45, 7) is 0. The van der Waals surface area contributed by atoms with E-state index in [1.54, 1.807) is 30.3 Å². The highest BCUT2D eigenvalue weighted by molar-refractivity contribution is 6.09. The monoisotopic (exact) mass is 272 g/mol. The molecule has 20 heavy (non-hydrogen) atoms. The summed E-state index contributed by atoms with van der Waals surface area (Å²) >= 11 is 0. The quantitative estimate of drug-likeness (QED) is 0.529. The molecule has 0 saturated heterocycles. The van der Waals surface area contributed by atoms with Gasteiger partial charge in [0.2, 0.25) is 0 Å². The Morgan fingerprint density at radius 2 is 1.55 bits per heavy atom. The molecule has 5 nitrogen and oxygen atoms in total. The standard InChI is InChI=1S/C13H9NO3.C2H7N/c15-13(10-5-2-1-3-6-10)11-7-4-8-12(9-11)14(16)17;1-3-2/h1-9H;3H,1-2H3. The molecule has 0 unspecified atom stereocenters. The van der Waals surface area contributed by atoms with Gasteiger partial charge in [0.05, 0.1) is 4.92 Å². The number of nitrogens with zero attached hydrogens (tertiary/aromatic N) is 1. The molecule has 2 rings (SSSR count). The summed E-state index contributed by atoms with van der Waals surface area (Å²) in [6.07, 6.45) is 0. The minimum atomic E-state index is -0.512. The van der Waals surface area contributed by atoms with Crippen LogP contribution in [0.5, 0.6) is 0 Å². The van der Waals surface area contributed by atoms with E-state index in [4.69, 9.17) is 0 Å². The van der Waals surface area contributed by atoms with Crippen molar-refractivity contribution in [3.8, 4) is 0 Å². The Morgan fingerprint density at radius 3 is 2.10 bits per heavy atom. The predicted octanol–water partition coefficient (Wildman–Crippen LogP) is 2.66. The molecule has 1 N–H and O–H groups in total. The molecule has 0 heterocycles. The lowest BCUT2D eigenvalue weighted by Crippen LogP contribution is -2.01. The Kier molecular flexibility index (Phi) is 6.06. The molecule has 0 spiro atoms. The van der Waals surface area contributed by atoms with Crippen LogP contribution < -0.4 is 5.32 Å². The minimum absolute atomic E-state index is 0.0771. The third kappa shape index (κ3) is 4.29. The van der Waals surface area contributed by atoms with Crippen LogP contribution >= 0.6 is 0 Å². The Hall–Kier alpha value is -2.53. The molecule has 2 aromatic rings. The van der Waals surface area contributed by atoms with Gasteiger partial charge in [0.25, 0.3) is 5.69 Å². The summed E-state index contributed by atoms with van der Waals surface area (Å²) in [5, 5.41) is 13.4. The highest BCUT2D eigenvalue weighted by atomic mass is 16.6. The van der Waals surface area contributed by atoms with E-state index in [2.05, 4.69) is 5.32 Å². The first-order chi connectivity index (χ1) is 9.60. The first-order valence-corrected chi connectivity index (χ1v) is 6.02. The van der Waals surface area contributed by atoms with Gasteiger partial charge in [0.15, 0.2) is 5.78 Å². The number of hydrogen-bond acceptors (Lipinski definition) is 4. The van der Waals surface area contributed by atoms with E-state index in [1.165, 1.54) is 18.2 Å². The van der Waals surface area contributed by atoms with Crippen LogP contribution in [0.25, 0.3) is 0 Å². The average Bonchev–Trinajstić information content (AvgIpc) is 2.48. The molecule has 0 atom stereocenters. The van der Waals surface area contributed by atoms with Crippen molar-refractivity contribution in [2.45, 2.75) is 0 Å². The van der Waals surface area contributed by atoms with Crippen LogP contribution in [0.2, 0.25) is 0 Å². The van der Waals surface area contributed by atoms with Crippen molar-refractivity contribution in [2.75, 3.05) is 14.1 Å². The van der Waals surface area contributed by atoms with Crippen molar-refractivity contribution in [1.29, 1.82) is 0 Å². The van der Waals surface area contributed by atoms with Gasteiger partial charge in [-0.15, -0.1) is 0 Å². The van der Waals surface area contributed by atoms with Crippen LogP contribution in [-0.2, 0) is 0 Å². The van der Waals surface area contributed by atoms with Gasteiger partial charge in [-0.05, 0) is 14.1 Å². The Bertz CT molecular complexity index is 583. The van der Waals surface area contributed by atoms with E-state index < -0.39 is 4.92 Å². The normalized spacial score (nSPS) is 9.30. The number of nitro groups is 1. The van der Waals surface area contributed by atoms with Crippen molar-refractivity contribution in [3.05, 3.63) is 75.8 Å². The Morgan fingerprint density at radius 1 is 1.00 bits per heavy atom. The van der Waals surface area contributed by atoms with Crippen LogP contribution in [0.3, 0.4) is 0 Å². The fraction of sp³-hybridized carbons (Fsp3) is 0.133. The number of nitrogens with one attached hydrogen (secondary N) is 1. The van der Waals surface area contributed by atoms with E-state index in [9.17, 15) is 14.9 Å². The number of carbonyl (C=O) groups is 1. The van der Waals surface area contributed by atoms with Gasteiger partial charge in [-0.25, -0.2) is 0 Å². The molecular weight excluding hydrogens is 256 g/mol. The molecule has 0 aliphatic rings. The van der Waals surface area contributed by atoms with Crippen molar-refractivity contribution in [2.24, 2.45) is 0 Å². The van der Waals surface area contributed by atoms with Crippen LogP contribution in [-0.4, -0.2) is 24.8 Å². The van der Waals surface area contributed by atoms with Gasteiger partial charge < -0.3 is 5.32 Å². The molecule has 0 saturated carbocycles. The largest absolute Gasteiger partial charge is 0.323 e. The second-order valence-corrected chi connectivity index (χ2v) is 4.00. The molecular formula is C15H16N2O3. The van der Waals surface area contributed by atoms with Gasteiger partial charge >= 0.3 is 0 Å². The maximum atomic E-state index is 12.0. The Labute approximate surface area is 117 Å². The average molecular weight is 272 g/mol. The number of ketones is 1. The molecule has 2 aromatic carbocycles. The first kappa shape index (κ1) is 15.5. The molecule has 0 aliphatic carbocycles. The number of benzene rings is 2. The molecule has 5 heteroatoms. The lowest BCUT2D eigenvalue weighted by Gasteiger charge is -2.00. The van der Waals surface area contributed by atoms with Crippen molar-refractivity contribution in [1.82, 2.24) is 5.32 Å². The molecule has 0 amide bonds. The summed E-state index contributed by atoms with van der Waals surface area (Å²) in [5.74, 6) is -0.214. The summed E-state index contributed by atoms with van der Waals surface area (Å²) < 4.78 is 0. The highest BCUT2D eigenvalue weighted by Crippen LogP contribution is 2.16. The van der Waals surface area contributed by atoms with Gasteiger partial charge in [0.1, 0.15) is 0 Å². The fourth-order valence-corrected chi connectivity index (χ4v) is 1.52. The third-order valence-electron chi connectivity index (χ3n) is 2.36. The zero-order chi connectivity index (χ0) is 15.0. The second-order valence-electron chi connectivity index (χ2n) is 4.00. The van der Waals surface area contributed by atoms with Crippen LogP contribution in [0.1, 0.15) is 15.9 Å². The predicted molar refractivity (Wildman–Crippen MR) is 78.0 cm³/mol. The van der Waals surface area contributed by atoms with E-state index in [-0.39, 0.29) is 11.5 Å². The van der Waals surface area contributed by atoms with Crippen molar-refractivity contribution < 1.29 is 9.72 Å². The van der Waals surface area contributed by atoms with E-state index >= 15 is 0 Å². The van der Waals surface area contributed by atoms with Gasteiger partial charge in [-0.2, -0.15) is 0 Å². The lowest BCUT2D eigenvalue weighted by atomic mass is 10.0. The van der Waals surface area contributed by atoms with E-state index in [0.717, 1.165) is 0 Å². The van der Waals surface area contributed by atoms with Gasteiger partial charge in [0, 0.05) is 23.3 Å². The second kappa shape index (κ2) is 7.81. The highest BCUT2D eigenvalue weighted by Gasteiger charge is 2.12. The van der Waals surface area contributed by atoms with Crippen molar-refractivity contribution in [3.63, 3.8) is 0 Å². The van der Waals surface area contributed by atoms with E-state index in [1.807, 2.05) is 20.2 Å². The van der Waals surface area contributed by atoms with Crippen LogP contribution in [0, 0.1) is 10.1 Å². The zero-order valence-electron chi connectivity index (χ0n) is 11.4. The van der Waals surface area contributed by atoms with Gasteiger partial charge in [-0.1, -0.05) is 42.5 Å². The summed E-state index contributed by atoms with van der Waals surface area (Å²) in [7, 11) is 3.75. The number of nitro benzene ring substituents is 1. The van der Waals surface area contributed by atoms with Crippen LogP contribution in [0.4, 0.5) is 5.69 Å². The van der Waals surface area contributed by atoms with Gasteiger partial charge in [-0.3, -0.25) is 14.9 Å². The number of hydrogen-bond donors (Lipinski definition) is 1. The fourth-order valence-electron chi connectivity index (χ4n) is 1.52. The molecule has 0 bridgehead atoms. The van der Waals surface area contributed by atoms with Crippen LogP contribution in [0.15, 0.2) is 54.6 Å². The first-order valence-electron chi connectivity index (χ1n) is 6.02. The van der Waals surface area contributed by atoms with E-state index in [0.29, 0.717) is 11.1 Å². The summed E-state index contributed by atoms with van der Waals surface area (Å²) in [6, 6.07) is 14.4.